The van der Waals surface area contributed by atoms with E-state index in [2.05, 4.69) is 0 Å². The zero-order valence-corrected chi connectivity index (χ0v) is 11.6. The van der Waals surface area contributed by atoms with Crippen molar-refractivity contribution in [3.8, 4) is 0 Å². The zero-order valence-electron chi connectivity index (χ0n) is 10.0. The highest BCUT2D eigenvalue weighted by molar-refractivity contribution is 8.13. The van der Waals surface area contributed by atoms with Crippen molar-refractivity contribution >= 4 is 19.7 Å². The van der Waals surface area contributed by atoms with E-state index < -0.39 is 9.05 Å². The third-order valence-corrected chi connectivity index (χ3v) is 5.56. The van der Waals surface area contributed by atoms with Crippen LogP contribution in [-0.4, -0.2) is 14.2 Å². The highest BCUT2D eigenvalue weighted by Gasteiger charge is 2.69. The smallest absolute Gasteiger partial charge is 0.212 e. The molecule has 0 radical (unpaired) electrons. The van der Waals surface area contributed by atoms with Gasteiger partial charge >= 0.3 is 0 Å². The molecular weight excluding hydrogens is 275 g/mol. The van der Waals surface area contributed by atoms with Gasteiger partial charge < -0.3 is 0 Å². The van der Waals surface area contributed by atoms with E-state index in [9.17, 15) is 12.8 Å². The van der Waals surface area contributed by atoms with E-state index in [-0.39, 0.29) is 22.4 Å². The van der Waals surface area contributed by atoms with Crippen LogP contribution in [0.5, 0.6) is 0 Å². The molecule has 98 valence electrons. The van der Waals surface area contributed by atoms with Crippen LogP contribution in [0, 0.1) is 18.2 Å². The van der Waals surface area contributed by atoms with Crippen LogP contribution < -0.4 is 0 Å². The number of hydrogen-bond acceptors (Lipinski definition) is 2. The lowest BCUT2D eigenvalue weighted by atomic mass is 9.34. The molecule has 0 saturated heterocycles. The van der Waals surface area contributed by atoms with Crippen molar-refractivity contribution < 1.29 is 12.8 Å². The van der Waals surface area contributed by atoms with Crippen LogP contribution in [-0.2, 0) is 14.5 Å². The quantitative estimate of drug-likeness (QED) is 0.801. The summed E-state index contributed by atoms with van der Waals surface area (Å²) >= 11 is 0. The van der Waals surface area contributed by atoms with Gasteiger partial charge in [-0.3, -0.25) is 0 Å². The second kappa shape index (κ2) is 3.48. The first-order chi connectivity index (χ1) is 8.22. The number of halogens is 2. The normalized spacial score (nSPS) is 33.7. The van der Waals surface area contributed by atoms with Crippen molar-refractivity contribution in [1.82, 2.24) is 0 Å². The third kappa shape index (κ3) is 1.86. The summed E-state index contributed by atoms with van der Waals surface area (Å²) in [6.45, 7) is 1.87. The Balaban J connectivity index is 1.80. The summed E-state index contributed by atoms with van der Waals surface area (Å²) < 4.78 is 35.6. The summed E-state index contributed by atoms with van der Waals surface area (Å²) in [4.78, 5) is 0. The fourth-order valence-corrected chi connectivity index (χ4v) is 5.60. The molecule has 0 amide bonds. The molecule has 0 aromatic heterocycles. The molecule has 0 N–H and O–H groups in total. The summed E-state index contributed by atoms with van der Waals surface area (Å²) in [5.41, 5.74) is 1.79. The summed E-state index contributed by atoms with van der Waals surface area (Å²) in [6, 6.07) is 5.08. The average molecular weight is 289 g/mol. The van der Waals surface area contributed by atoms with Gasteiger partial charge in [-0.25, -0.2) is 12.8 Å². The topological polar surface area (TPSA) is 34.1 Å². The van der Waals surface area contributed by atoms with Gasteiger partial charge in [-0.05, 0) is 60.3 Å². The van der Waals surface area contributed by atoms with Crippen LogP contribution in [0.1, 0.15) is 30.4 Å². The number of benzene rings is 1. The first-order valence-corrected chi connectivity index (χ1v) is 8.40. The molecule has 0 heterocycles. The molecule has 0 spiro atoms. The maximum absolute atomic E-state index is 13.4. The molecular formula is C13H14ClFO2S. The lowest BCUT2D eigenvalue weighted by molar-refractivity contribution is -0.122. The Morgan fingerprint density at radius 3 is 2.39 bits per heavy atom. The van der Waals surface area contributed by atoms with Crippen LogP contribution in [0.3, 0.4) is 0 Å². The highest BCUT2D eigenvalue weighted by Crippen LogP contribution is 2.74. The van der Waals surface area contributed by atoms with Crippen molar-refractivity contribution in [2.45, 2.75) is 31.6 Å². The van der Waals surface area contributed by atoms with Gasteiger partial charge in [0.15, 0.2) is 0 Å². The summed E-state index contributed by atoms with van der Waals surface area (Å²) in [5, 5.41) is 0. The van der Waals surface area contributed by atoms with Crippen LogP contribution in [0.25, 0.3) is 0 Å². The van der Waals surface area contributed by atoms with E-state index in [1.165, 1.54) is 6.07 Å². The third-order valence-electron chi connectivity index (χ3n) is 4.27. The van der Waals surface area contributed by atoms with Gasteiger partial charge in [-0.2, -0.15) is 0 Å². The van der Waals surface area contributed by atoms with Gasteiger partial charge in [0.1, 0.15) is 5.82 Å². The molecule has 0 atom stereocenters. The van der Waals surface area contributed by atoms with Gasteiger partial charge in [0.05, 0.1) is 5.75 Å². The second-order valence-electron chi connectivity index (χ2n) is 6.01. The van der Waals surface area contributed by atoms with Gasteiger partial charge in [0.2, 0.25) is 9.05 Å². The van der Waals surface area contributed by atoms with Crippen LogP contribution in [0.15, 0.2) is 18.2 Å². The molecule has 5 heteroatoms. The van der Waals surface area contributed by atoms with Crippen LogP contribution in [0.2, 0.25) is 0 Å². The van der Waals surface area contributed by atoms with E-state index in [4.69, 9.17) is 10.7 Å². The van der Waals surface area contributed by atoms with Crippen molar-refractivity contribution in [2.75, 3.05) is 5.75 Å². The molecule has 4 rings (SSSR count). The Kier molecular flexibility index (Phi) is 2.40. The zero-order chi connectivity index (χ0) is 13.2. The monoisotopic (exact) mass is 288 g/mol. The summed E-state index contributed by atoms with van der Waals surface area (Å²) in [5.74, 6) is -0.161. The molecule has 3 aliphatic rings. The predicted molar refractivity (Wildman–Crippen MR) is 68.7 cm³/mol. The molecule has 0 unspecified atom stereocenters. The molecule has 3 fully saturated rings. The SMILES string of the molecule is Cc1cc(F)cc(C23CC(CS(=O)(=O)Cl)(C2)C3)c1. The number of hydrogen-bond donors (Lipinski definition) is 0. The van der Waals surface area contributed by atoms with Crippen molar-refractivity contribution in [2.24, 2.45) is 5.41 Å². The van der Waals surface area contributed by atoms with E-state index >= 15 is 0 Å². The minimum atomic E-state index is -3.43. The minimum absolute atomic E-state index is 0.00837. The minimum Gasteiger partial charge on any atom is -0.212 e. The Bertz CT molecular complexity index is 584. The van der Waals surface area contributed by atoms with E-state index in [1.807, 2.05) is 13.0 Å². The lowest BCUT2D eigenvalue weighted by Crippen LogP contribution is -2.66. The Morgan fingerprint density at radius 1 is 1.28 bits per heavy atom. The molecule has 3 saturated carbocycles. The van der Waals surface area contributed by atoms with Crippen molar-refractivity contribution in [3.63, 3.8) is 0 Å². The van der Waals surface area contributed by atoms with Crippen molar-refractivity contribution in [3.05, 3.63) is 35.1 Å². The Hall–Kier alpha value is -0.610. The largest absolute Gasteiger partial charge is 0.233 e. The predicted octanol–water partition coefficient (Wildman–Crippen LogP) is 3.12. The Morgan fingerprint density at radius 2 is 1.89 bits per heavy atom. The van der Waals surface area contributed by atoms with Gasteiger partial charge in [0, 0.05) is 10.7 Å². The van der Waals surface area contributed by atoms with E-state index in [0.717, 1.165) is 30.4 Å². The standard InChI is InChI=1S/C13H14ClFO2S/c1-9-2-10(4-11(15)3-9)13-5-12(6-13,7-13)8-18(14,16)17/h2-4H,5-8H2,1H3. The fraction of sp³-hybridized carbons (Fsp3) is 0.538. The summed E-state index contributed by atoms with van der Waals surface area (Å²) in [6.07, 6.45) is 2.44. The van der Waals surface area contributed by atoms with Crippen LogP contribution in [0.4, 0.5) is 4.39 Å². The molecule has 0 aliphatic heterocycles. The maximum atomic E-state index is 13.4. The second-order valence-corrected chi connectivity index (χ2v) is 8.79. The maximum Gasteiger partial charge on any atom is 0.233 e. The van der Waals surface area contributed by atoms with Gasteiger partial charge in [-0.1, -0.05) is 6.07 Å². The van der Waals surface area contributed by atoms with Crippen molar-refractivity contribution in [1.29, 1.82) is 0 Å². The molecule has 18 heavy (non-hydrogen) atoms. The van der Waals surface area contributed by atoms with Crippen LogP contribution >= 0.6 is 10.7 Å². The lowest BCUT2D eigenvalue weighted by Gasteiger charge is -2.71. The molecule has 1 aromatic rings. The van der Waals surface area contributed by atoms with E-state index in [0.29, 0.717) is 0 Å². The molecule has 3 aliphatic carbocycles. The first kappa shape index (κ1) is 12.4. The molecule has 2 bridgehead atoms. The summed E-state index contributed by atoms with van der Waals surface area (Å²) in [7, 11) is 1.88. The van der Waals surface area contributed by atoms with E-state index in [1.54, 1.807) is 6.07 Å². The molecule has 1 aromatic carbocycles. The van der Waals surface area contributed by atoms with Gasteiger partial charge in [-0.15, -0.1) is 0 Å². The number of rotatable bonds is 3. The Labute approximate surface area is 111 Å². The molecule has 2 nitrogen and oxygen atoms in total. The number of aryl methyl sites for hydroxylation is 1. The fourth-order valence-electron chi connectivity index (χ4n) is 3.87. The average Bonchev–Trinajstić information content (AvgIpc) is 2.05. The van der Waals surface area contributed by atoms with Gasteiger partial charge in [0.25, 0.3) is 0 Å². The highest BCUT2D eigenvalue weighted by atomic mass is 35.7. The first-order valence-electron chi connectivity index (χ1n) is 5.92.